The fourth-order valence-electron chi connectivity index (χ4n) is 9.04. The molecule has 5 aliphatic rings. The van der Waals surface area contributed by atoms with Crippen molar-refractivity contribution in [2.75, 3.05) is 13.1 Å². The summed E-state index contributed by atoms with van der Waals surface area (Å²) in [5, 5.41) is 23.6. The summed E-state index contributed by atoms with van der Waals surface area (Å²) in [6.45, 7) is 1.85. The minimum absolute atomic E-state index is 0.0326. The third-order valence-electron chi connectivity index (χ3n) is 11.4. The van der Waals surface area contributed by atoms with E-state index in [-0.39, 0.29) is 30.6 Å². The van der Waals surface area contributed by atoms with Crippen molar-refractivity contribution in [3.05, 3.63) is 70.8 Å². The number of Topliss-reactive ketones (excluding diaryl/α,β-unsaturated/α-hetero) is 1. The van der Waals surface area contributed by atoms with Gasteiger partial charge in [-0.3, -0.25) is 19.3 Å². The predicted molar refractivity (Wildman–Crippen MR) is 171 cm³/mol. The summed E-state index contributed by atoms with van der Waals surface area (Å²) >= 11 is 0. The van der Waals surface area contributed by atoms with Crippen LogP contribution in [0.4, 0.5) is 0 Å². The standard InChI is InChI=1S/C38H41NO7/c40-29-15-16-38(44)31-21-28-13-14-30(35-34(28)37(38,36(29)46-35)17-18-39(31)22-25-7-8-25)45-33(43)6-2-4-24-10-12-26-19-23(3-1-5-32(41)42)9-11-27(26)20-24/h9-14,19-20,25,31,36,44H,1-8,15-18,21-22H2,(H,41,42)/t31-,36+,37+,38-/m1/s1. The fraction of sp³-hybridized carbons (Fsp3) is 0.500. The van der Waals surface area contributed by atoms with Crippen LogP contribution in [0.1, 0.15) is 80.0 Å². The fourth-order valence-corrected chi connectivity index (χ4v) is 9.04. The zero-order valence-corrected chi connectivity index (χ0v) is 26.1. The molecule has 4 atom stereocenters. The highest BCUT2D eigenvalue weighted by atomic mass is 16.6. The number of nitrogens with zero attached hydrogens (tertiary/aromatic N) is 1. The van der Waals surface area contributed by atoms with Gasteiger partial charge in [-0.15, -0.1) is 0 Å². The Hall–Kier alpha value is -3.75. The summed E-state index contributed by atoms with van der Waals surface area (Å²) in [4.78, 5) is 39.7. The number of hydrogen-bond acceptors (Lipinski definition) is 7. The molecule has 8 rings (SSSR count). The molecule has 240 valence electrons. The summed E-state index contributed by atoms with van der Waals surface area (Å²) < 4.78 is 12.4. The number of esters is 1. The molecular formula is C38H41NO7. The Morgan fingerprint density at radius 3 is 2.37 bits per heavy atom. The van der Waals surface area contributed by atoms with Crippen molar-refractivity contribution in [3.8, 4) is 11.5 Å². The number of fused-ring (bicyclic) bond motifs is 1. The van der Waals surface area contributed by atoms with Gasteiger partial charge in [0.2, 0.25) is 0 Å². The van der Waals surface area contributed by atoms with Crippen molar-refractivity contribution in [2.24, 2.45) is 5.92 Å². The van der Waals surface area contributed by atoms with Gasteiger partial charge in [-0.2, -0.15) is 0 Å². The van der Waals surface area contributed by atoms with Crippen molar-refractivity contribution in [1.29, 1.82) is 0 Å². The Balaban J connectivity index is 0.954. The number of ketones is 1. The topological polar surface area (TPSA) is 113 Å². The molecule has 3 aromatic carbocycles. The number of hydrogen-bond donors (Lipinski definition) is 2. The number of carbonyl (C=O) groups is 3. The molecule has 3 fully saturated rings. The molecule has 0 unspecified atom stereocenters. The number of ether oxygens (including phenoxy) is 2. The molecule has 2 aliphatic heterocycles. The van der Waals surface area contributed by atoms with E-state index in [4.69, 9.17) is 14.6 Å². The van der Waals surface area contributed by atoms with Gasteiger partial charge in [0.15, 0.2) is 23.4 Å². The van der Waals surface area contributed by atoms with Gasteiger partial charge in [0.05, 0.1) is 11.0 Å². The highest BCUT2D eigenvalue weighted by Gasteiger charge is 2.73. The number of carboxylic acids is 1. The van der Waals surface area contributed by atoms with Gasteiger partial charge in [-0.1, -0.05) is 42.5 Å². The van der Waals surface area contributed by atoms with Crippen LogP contribution in [0.3, 0.4) is 0 Å². The summed E-state index contributed by atoms with van der Waals surface area (Å²) in [6.07, 6.45) is 7.03. The number of piperidine rings is 1. The van der Waals surface area contributed by atoms with Crippen LogP contribution in [0.25, 0.3) is 10.8 Å². The van der Waals surface area contributed by atoms with E-state index in [1.54, 1.807) is 0 Å². The van der Waals surface area contributed by atoms with Crippen LogP contribution in [0.15, 0.2) is 48.5 Å². The Labute approximate surface area is 268 Å². The average molecular weight is 624 g/mol. The average Bonchev–Trinajstić information content (AvgIpc) is 3.78. The number of rotatable bonds is 11. The minimum atomic E-state index is -1.04. The number of aryl methyl sites for hydroxylation is 2. The van der Waals surface area contributed by atoms with Gasteiger partial charge in [-0.05, 0) is 104 Å². The first-order valence-corrected chi connectivity index (χ1v) is 17.0. The Kier molecular flexibility index (Phi) is 7.22. The zero-order chi connectivity index (χ0) is 31.6. The van der Waals surface area contributed by atoms with Crippen LogP contribution < -0.4 is 9.47 Å². The first kappa shape index (κ1) is 29.6. The summed E-state index contributed by atoms with van der Waals surface area (Å²) in [5.41, 5.74) is 2.45. The van der Waals surface area contributed by atoms with Crippen LogP contribution in [0, 0.1) is 5.92 Å². The van der Waals surface area contributed by atoms with E-state index in [0.29, 0.717) is 50.0 Å². The molecule has 1 saturated heterocycles. The lowest BCUT2D eigenvalue weighted by Gasteiger charge is -2.62. The van der Waals surface area contributed by atoms with Crippen LogP contribution in [0.5, 0.6) is 11.5 Å². The number of carboxylic acid groups (broad SMARTS) is 1. The Morgan fingerprint density at radius 2 is 1.67 bits per heavy atom. The molecule has 8 heteroatoms. The van der Waals surface area contributed by atoms with Gasteiger partial charge in [-0.25, -0.2) is 0 Å². The largest absolute Gasteiger partial charge is 0.481 e. The van der Waals surface area contributed by atoms with Crippen molar-refractivity contribution < 1.29 is 34.1 Å². The maximum atomic E-state index is 13.3. The molecule has 2 saturated carbocycles. The summed E-state index contributed by atoms with van der Waals surface area (Å²) in [7, 11) is 0. The van der Waals surface area contributed by atoms with E-state index in [1.165, 1.54) is 12.8 Å². The number of benzene rings is 3. The number of carbonyl (C=O) groups excluding carboxylic acids is 2. The van der Waals surface area contributed by atoms with Crippen molar-refractivity contribution in [3.63, 3.8) is 0 Å². The third-order valence-corrected chi connectivity index (χ3v) is 11.4. The monoisotopic (exact) mass is 623 g/mol. The molecule has 3 aromatic rings. The van der Waals surface area contributed by atoms with Crippen LogP contribution in [-0.4, -0.2) is 63.7 Å². The molecule has 3 aliphatic carbocycles. The molecule has 1 spiro atoms. The summed E-state index contributed by atoms with van der Waals surface area (Å²) in [6, 6.07) is 16.3. The second kappa shape index (κ2) is 11.2. The first-order valence-electron chi connectivity index (χ1n) is 17.0. The molecule has 2 heterocycles. The maximum absolute atomic E-state index is 13.3. The molecule has 0 radical (unpaired) electrons. The lowest BCUT2D eigenvalue weighted by Crippen LogP contribution is -2.76. The third kappa shape index (κ3) is 4.83. The number of likely N-dealkylation sites (tertiary alicyclic amines) is 1. The second-order valence-electron chi connectivity index (χ2n) is 14.3. The second-order valence-corrected chi connectivity index (χ2v) is 14.3. The number of aliphatic hydroxyl groups is 1. The van der Waals surface area contributed by atoms with Crippen molar-refractivity contribution in [2.45, 2.75) is 100 Å². The highest BCUT2D eigenvalue weighted by Crippen LogP contribution is 2.65. The Morgan fingerprint density at radius 1 is 0.957 bits per heavy atom. The molecule has 0 aromatic heterocycles. The van der Waals surface area contributed by atoms with Gasteiger partial charge < -0.3 is 19.7 Å². The van der Waals surface area contributed by atoms with E-state index < -0.39 is 23.1 Å². The lowest BCUT2D eigenvalue weighted by atomic mass is 9.49. The van der Waals surface area contributed by atoms with Crippen molar-refractivity contribution in [1.82, 2.24) is 4.90 Å². The summed E-state index contributed by atoms with van der Waals surface area (Å²) in [5.74, 6) is 0.476. The molecule has 2 bridgehead atoms. The molecule has 8 nitrogen and oxygen atoms in total. The van der Waals surface area contributed by atoms with E-state index in [2.05, 4.69) is 41.3 Å². The SMILES string of the molecule is O=C(O)CCCc1ccc2cc(CCCC(=O)Oc3ccc4c5c3O[C@H]3C(=O)CC[C@@]6(O)[C@@H](C4)N(CC4CC4)CC[C@]536)ccc2c1. The molecule has 2 N–H and O–H groups in total. The van der Waals surface area contributed by atoms with Crippen molar-refractivity contribution >= 4 is 28.5 Å². The normalized spacial score (nSPS) is 27.7. The van der Waals surface area contributed by atoms with Gasteiger partial charge in [0.1, 0.15) is 0 Å². The van der Waals surface area contributed by atoms with Gasteiger partial charge in [0, 0.05) is 37.4 Å². The predicted octanol–water partition coefficient (Wildman–Crippen LogP) is 5.31. The van der Waals surface area contributed by atoms with E-state index >= 15 is 0 Å². The first-order chi connectivity index (χ1) is 22.2. The van der Waals surface area contributed by atoms with Crippen LogP contribution >= 0.6 is 0 Å². The molecular weight excluding hydrogens is 582 g/mol. The number of aliphatic carboxylic acids is 1. The quantitative estimate of drug-likeness (QED) is 0.218. The maximum Gasteiger partial charge on any atom is 0.311 e. The Bertz CT molecular complexity index is 1750. The zero-order valence-electron chi connectivity index (χ0n) is 26.1. The minimum Gasteiger partial charge on any atom is -0.481 e. The van der Waals surface area contributed by atoms with E-state index in [1.807, 2.05) is 12.1 Å². The smallest absolute Gasteiger partial charge is 0.311 e. The van der Waals surface area contributed by atoms with Gasteiger partial charge >= 0.3 is 11.9 Å². The molecule has 0 amide bonds. The van der Waals surface area contributed by atoms with Crippen LogP contribution in [0.2, 0.25) is 0 Å². The highest BCUT2D eigenvalue weighted by molar-refractivity contribution is 5.90. The van der Waals surface area contributed by atoms with E-state index in [9.17, 15) is 19.5 Å². The lowest BCUT2D eigenvalue weighted by molar-refractivity contribution is -0.188. The van der Waals surface area contributed by atoms with Crippen LogP contribution in [-0.2, 0) is 39.1 Å². The van der Waals surface area contributed by atoms with E-state index in [0.717, 1.165) is 64.9 Å². The molecule has 46 heavy (non-hydrogen) atoms. The van der Waals surface area contributed by atoms with Gasteiger partial charge in [0.25, 0.3) is 0 Å².